The second-order valence-electron chi connectivity index (χ2n) is 5.88. The highest BCUT2D eigenvalue weighted by Crippen LogP contribution is 2.11. The summed E-state index contributed by atoms with van der Waals surface area (Å²) in [4.78, 5) is 16.2. The lowest BCUT2D eigenvalue weighted by Crippen LogP contribution is -2.09. The number of pyridine rings is 1. The van der Waals surface area contributed by atoms with Gasteiger partial charge in [0.25, 0.3) is 0 Å². The Bertz CT molecular complexity index is 679. The summed E-state index contributed by atoms with van der Waals surface area (Å²) in [5, 5.41) is 14.7. The van der Waals surface area contributed by atoms with Crippen LogP contribution in [0.15, 0.2) is 48.7 Å². The van der Waals surface area contributed by atoms with Crippen LogP contribution in [0.3, 0.4) is 0 Å². The largest absolute Gasteiger partial charge is 0.396 e. The summed E-state index contributed by atoms with van der Waals surface area (Å²) in [6, 6.07) is 11.6. The van der Waals surface area contributed by atoms with Gasteiger partial charge >= 0.3 is 0 Å². The van der Waals surface area contributed by atoms with Crippen molar-refractivity contribution < 1.29 is 9.90 Å². The van der Waals surface area contributed by atoms with Gasteiger partial charge in [0.2, 0.25) is 5.91 Å². The van der Waals surface area contributed by atoms with E-state index in [4.69, 9.17) is 5.11 Å². The molecule has 2 rings (SSSR count). The Labute approximate surface area is 148 Å². The normalized spacial score (nSPS) is 10.8. The van der Waals surface area contributed by atoms with Crippen molar-refractivity contribution in [3.63, 3.8) is 0 Å². The first-order chi connectivity index (χ1) is 12.2. The lowest BCUT2D eigenvalue weighted by atomic mass is 10.1. The van der Waals surface area contributed by atoms with E-state index in [0.717, 1.165) is 37.2 Å². The van der Waals surface area contributed by atoms with Crippen LogP contribution in [0.1, 0.15) is 30.4 Å². The van der Waals surface area contributed by atoms with E-state index in [1.54, 1.807) is 12.3 Å². The second-order valence-corrected chi connectivity index (χ2v) is 5.88. The molecule has 3 N–H and O–H groups in total. The minimum atomic E-state index is -0.188. The van der Waals surface area contributed by atoms with Crippen molar-refractivity contribution in [3.8, 4) is 0 Å². The number of hydrogen-bond acceptors (Lipinski definition) is 4. The third kappa shape index (κ3) is 7.18. The summed E-state index contributed by atoms with van der Waals surface area (Å²) in [5.74, 6) is 0.587. The molecular formula is C20H25N3O2. The SMILES string of the molecule is Cc1ccc(/C=C/C(=O)Nc2ccc(NCCCCCO)nc2)cc1. The van der Waals surface area contributed by atoms with Crippen LogP contribution in [0, 0.1) is 6.92 Å². The van der Waals surface area contributed by atoms with Crippen molar-refractivity contribution in [1.82, 2.24) is 4.98 Å². The number of amides is 1. The van der Waals surface area contributed by atoms with E-state index in [1.165, 1.54) is 11.6 Å². The minimum absolute atomic E-state index is 0.188. The van der Waals surface area contributed by atoms with Crippen LogP contribution in [0.4, 0.5) is 11.5 Å². The third-order valence-electron chi connectivity index (χ3n) is 3.68. The maximum absolute atomic E-state index is 11.9. The molecule has 2 aromatic rings. The maximum atomic E-state index is 11.9. The van der Waals surface area contributed by atoms with Gasteiger partial charge in [0, 0.05) is 19.2 Å². The predicted octanol–water partition coefficient (Wildman–Crippen LogP) is 3.62. The van der Waals surface area contributed by atoms with Crippen molar-refractivity contribution >= 4 is 23.5 Å². The van der Waals surface area contributed by atoms with E-state index in [-0.39, 0.29) is 12.5 Å². The van der Waals surface area contributed by atoms with E-state index < -0.39 is 0 Å². The highest BCUT2D eigenvalue weighted by molar-refractivity contribution is 6.01. The number of nitrogens with one attached hydrogen (secondary N) is 2. The molecule has 0 unspecified atom stereocenters. The van der Waals surface area contributed by atoms with E-state index >= 15 is 0 Å². The Morgan fingerprint density at radius 2 is 1.92 bits per heavy atom. The smallest absolute Gasteiger partial charge is 0.248 e. The molecule has 0 saturated carbocycles. The molecule has 1 heterocycles. The highest BCUT2D eigenvalue weighted by Gasteiger charge is 1.99. The van der Waals surface area contributed by atoms with Gasteiger partial charge in [-0.2, -0.15) is 0 Å². The standard InChI is InChI=1S/C20H25N3O2/c1-16-5-7-17(8-6-16)9-12-20(25)23-18-10-11-19(22-15-18)21-13-3-2-4-14-24/h5-12,15,24H,2-4,13-14H2,1H3,(H,21,22)(H,23,25)/b12-9+. The lowest BCUT2D eigenvalue weighted by molar-refractivity contribution is -0.111. The number of carbonyl (C=O) groups excluding carboxylic acids is 1. The molecule has 5 heteroatoms. The molecule has 0 aliphatic carbocycles. The number of aromatic nitrogens is 1. The van der Waals surface area contributed by atoms with Gasteiger partial charge in [-0.3, -0.25) is 4.79 Å². The summed E-state index contributed by atoms with van der Waals surface area (Å²) < 4.78 is 0. The van der Waals surface area contributed by atoms with Gasteiger partial charge in [0.15, 0.2) is 0 Å². The quantitative estimate of drug-likeness (QED) is 0.482. The zero-order valence-electron chi connectivity index (χ0n) is 14.5. The van der Waals surface area contributed by atoms with Crippen LogP contribution >= 0.6 is 0 Å². The molecule has 1 aromatic carbocycles. The molecule has 0 radical (unpaired) electrons. The first kappa shape index (κ1) is 18.7. The van der Waals surface area contributed by atoms with Crippen LogP contribution in [0.5, 0.6) is 0 Å². The number of nitrogens with zero attached hydrogens (tertiary/aromatic N) is 1. The van der Waals surface area contributed by atoms with Crippen molar-refractivity contribution in [3.05, 3.63) is 59.8 Å². The zero-order valence-corrected chi connectivity index (χ0v) is 14.5. The number of hydrogen-bond donors (Lipinski definition) is 3. The fraction of sp³-hybridized carbons (Fsp3) is 0.300. The fourth-order valence-electron chi connectivity index (χ4n) is 2.24. The van der Waals surface area contributed by atoms with Crippen molar-refractivity contribution in [1.29, 1.82) is 0 Å². The van der Waals surface area contributed by atoms with E-state index in [9.17, 15) is 4.79 Å². The topological polar surface area (TPSA) is 74.2 Å². The van der Waals surface area contributed by atoms with E-state index in [1.807, 2.05) is 43.3 Å². The Kier molecular flexibility index (Phi) is 7.66. The van der Waals surface area contributed by atoms with Crippen LogP contribution in [0.25, 0.3) is 6.08 Å². The highest BCUT2D eigenvalue weighted by atomic mass is 16.2. The Morgan fingerprint density at radius 3 is 2.60 bits per heavy atom. The van der Waals surface area contributed by atoms with Gasteiger partial charge in [-0.1, -0.05) is 29.8 Å². The Morgan fingerprint density at radius 1 is 1.12 bits per heavy atom. The van der Waals surface area contributed by atoms with Gasteiger partial charge in [-0.15, -0.1) is 0 Å². The summed E-state index contributed by atoms with van der Waals surface area (Å²) in [6.45, 7) is 3.09. The second kappa shape index (κ2) is 10.3. The van der Waals surface area contributed by atoms with Crippen LogP contribution in [-0.2, 0) is 4.79 Å². The first-order valence-corrected chi connectivity index (χ1v) is 8.54. The van der Waals surface area contributed by atoms with Crippen molar-refractivity contribution in [2.45, 2.75) is 26.2 Å². The molecule has 25 heavy (non-hydrogen) atoms. The molecular weight excluding hydrogens is 314 g/mol. The predicted molar refractivity (Wildman–Crippen MR) is 103 cm³/mol. The summed E-state index contributed by atoms with van der Waals surface area (Å²) in [6.07, 6.45) is 7.74. The number of benzene rings is 1. The Hall–Kier alpha value is -2.66. The third-order valence-corrected chi connectivity index (χ3v) is 3.68. The molecule has 5 nitrogen and oxygen atoms in total. The first-order valence-electron chi connectivity index (χ1n) is 8.54. The van der Waals surface area contributed by atoms with Gasteiger partial charge in [-0.05, 0) is 50.0 Å². The molecule has 132 valence electrons. The fourth-order valence-corrected chi connectivity index (χ4v) is 2.24. The molecule has 0 spiro atoms. The Balaban J connectivity index is 1.78. The van der Waals surface area contributed by atoms with E-state index in [2.05, 4.69) is 15.6 Å². The minimum Gasteiger partial charge on any atom is -0.396 e. The number of aliphatic hydroxyl groups excluding tert-OH is 1. The van der Waals surface area contributed by atoms with Gasteiger partial charge in [0.05, 0.1) is 11.9 Å². The van der Waals surface area contributed by atoms with E-state index in [0.29, 0.717) is 5.69 Å². The van der Waals surface area contributed by atoms with Crippen molar-refractivity contribution in [2.75, 3.05) is 23.8 Å². The van der Waals surface area contributed by atoms with Gasteiger partial charge < -0.3 is 15.7 Å². The molecule has 1 aromatic heterocycles. The summed E-state index contributed by atoms with van der Waals surface area (Å²) >= 11 is 0. The number of anilines is 2. The maximum Gasteiger partial charge on any atom is 0.248 e. The average molecular weight is 339 g/mol. The van der Waals surface area contributed by atoms with Gasteiger partial charge in [-0.25, -0.2) is 4.98 Å². The van der Waals surface area contributed by atoms with Crippen LogP contribution in [-0.4, -0.2) is 29.1 Å². The molecule has 0 fully saturated rings. The average Bonchev–Trinajstić information content (AvgIpc) is 2.62. The number of aryl methyl sites for hydroxylation is 1. The number of rotatable bonds is 9. The number of aliphatic hydroxyl groups is 1. The number of unbranched alkanes of at least 4 members (excludes halogenated alkanes) is 2. The van der Waals surface area contributed by atoms with Crippen LogP contribution < -0.4 is 10.6 Å². The number of carbonyl (C=O) groups is 1. The molecule has 0 aliphatic heterocycles. The molecule has 0 atom stereocenters. The molecule has 0 bridgehead atoms. The van der Waals surface area contributed by atoms with Gasteiger partial charge in [0.1, 0.15) is 5.82 Å². The zero-order chi connectivity index (χ0) is 17.9. The lowest BCUT2D eigenvalue weighted by Gasteiger charge is -2.06. The molecule has 0 saturated heterocycles. The monoisotopic (exact) mass is 339 g/mol. The summed E-state index contributed by atoms with van der Waals surface area (Å²) in [5.41, 5.74) is 2.83. The van der Waals surface area contributed by atoms with Crippen LogP contribution in [0.2, 0.25) is 0 Å². The molecule has 0 aliphatic rings. The van der Waals surface area contributed by atoms with Crippen molar-refractivity contribution in [2.24, 2.45) is 0 Å². The molecule has 1 amide bonds. The summed E-state index contributed by atoms with van der Waals surface area (Å²) in [7, 11) is 0.